The van der Waals surface area contributed by atoms with E-state index >= 15 is 0 Å². The molecule has 0 aliphatic heterocycles. The van der Waals surface area contributed by atoms with Crippen LogP contribution >= 0.6 is 0 Å². The van der Waals surface area contributed by atoms with Crippen LogP contribution in [0.2, 0.25) is 0 Å². The molecule has 128 valence electrons. The molecule has 0 bridgehead atoms. The fraction of sp³-hybridized carbons (Fsp3) is 0.933. The molecule has 2 aliphatic rings. The summed E-state index contributed by atoms with van der Waals surface area (Å²) < 4.78 is 32.7. The molecule has 2 aliphatic carbocycles. The summed E-state index contributed by atoms with van der Waals surface area (Å²) in [5.41, 5.74) is 5.85. The first-order valence-electron chi connectivity index (χ1n) is 8.23. The van der Waals surface area contributed by atoms with Gasteiger partial charge in [-0.25, -0.2) is 13.1 Å². The number of sulfonamides is 1. The second-order valence-corrected chi connectivity index (χ2v) is 8.73. The predicted octanol–water partition coefficient (Wildman–Crippen LogP) is 1.30. The Balaban J connectivity index is 2.02. The molecule has 0 aromatic carbocycles. The fourth-order valence-corrected chi connectivity index (χ4v) is 5.53. The highest BCUT2D eigenvalue weighted by Gasteiger charge is 2.41. The minimum absolute atomic E-state index is 0.264. The molecule has 7 heteroatoms. The Bertz CT molecular complexity index is 486. The minimum atomic E-state index is -3.56. The topological polar surface area (TPSA) is 98.5 Å². The molecular weight excluding hydrogens is 304 g/mol. The highest BCUT2D eigenvalue weighted by molar-refractivity contribution is 7.90. The quantitative estimate of drug-likeness (QED) is 0.739. The molecule has 0 aromatic rings. The first kappa shape index (κ1) is 17.7. The minimum Gasteiger partial charge on any atom is -0.469 e. The van der Waals surface area contributed by atoms with Crippen LogP contribution in [0.1, 0.15) is 57.8 Å². The van der Waals surface area contributed by atoms with Gasteiger partial charge >= 0.3 is 5.97 Å². The van der Waals surface area contributed by atoms with Crippen LogP contribution in [-0.4, -0.2) is 38.8 Å². The van der Waals surface area contributed by atoms with E-state index in [4.69, 9.17) is 10.5 Å². The Morgan fingerprint density at radius 1 is 1.18 bits per heavy atom. The van der Waals surface area contributed by atoms with Gasteiger partial charge in [0.15, 0.2) is 0 Å². The average Bonchev–Trinajstić information content (AvgIpc) is 2.53. The Morgan fingerprint density at radius 2 is 1.82 bits per heavy atom. The number of nitrogens with one attached hydrogen (secondary N) is 1. The fourth-order valence-electron chi connectivity index (χ4n) is 3.67. The average molecular weight is 332 g/mol. The second-order valence-electron chi connectivity index (χ2n) is 6.74. The van der Waals surface area contributed by atoms with Gasteiger partial charge in [0, 0.05) is 12.1 Å². The number of esters is 1. The van der Waals surface area contributed by atoms with Gasteiger partial charge < -0.3 is 10.5 Å². The first-order chi connectivity index (χ1) is 10.4. The van der Waals surface area contributed by atoms with Gasteiger partial charge in [-0.2, -0.15) is 0 Å². The molecule has 0 spiro atoms. The molecule has 2 rings (SSSR count). The van der Waals surface area contributed by atoms with Crippen molar-refractivity contribution in [1.82, 2.24) is 4.72 Å². The molecule has 0 amide bonds. The SMILES string of the molecule is COC(=O)C1CCCCC1S(=O)(=O)NCC1(N)CCCCC1. The van der Waals surface area contributed by atoms with Gasteiger partial charge in [0.05, 0.1) is 18.3 Å². The van der Waals surface area contributed by atoms with Gasteiger partial charge in [-0.1, -0.05) is 32.1 Å². The van der Waals surface area contributed by atoms with Gasteiger partial charge in [0.25, 0.3) is 0 Å². The monoisotopic (exact) mass is 332 g/mol. The second kappa shape index (κ2) is 7.27. The van der Waals surface area contributed by atoms with Crippen LogP contribution in [0.15, 0.2) is 0 Å². The summed E-state index contributed by atoms with van der Waals surface area (Å²) in [4.78, 5) is 11.9. The third kappa shape index (κ3) is 4.20. The van der Waals surface area contributed by atoms with Gasteiger partial charge in [-0.3, -0.25) is 4.79 Å². The Kier molecular flexibility index (Phi) is 5.85. The normalized spacial score (nSPS) is 29.0. The summed E-state index contributed by atoms with van der Waals surface area (Å²) >= 11 is 0. The summed E-state index contributed by atoms with van der Waals surface area (Å²) in [5, 5.41) is -0.694. The molecule has 3 N–H and O–H groups in total. The lowest BCUT2D eigenvalue weighted by molar-refractivity contribution is -0.146. The number of methoxy groups -OCH3 is 1. The van der Waals surface area contributed by atoms with Gasteiger partial charge in [0.2, 0.25) is 10.0 Å². The summed E-state index contributed by atoms with van der Waals surface area (Å²) in [5.74, 6) is -0.980. The number of hydrogen-bond acceptors (Lipinski definition) is 5. The van der Waals surface area contributed by atoms with Crippen molar-refractivity contribution in [2.45, 2.75) is 68.6 Å². The number of carbonyl (C=O) groups excluding carboxylic acids is 1. The predicted molar refractivity (Wildman–Crippen MR) is 84.7 cm³/mol. The number of nitrogens with two attached hydrogens (primary N) is 1. The maximum Gasteiger partial charge on any atom is 0.310 e. The van der Waals surface area contributed by atoms with Gasteiger partial charge in [0.1, 0.15) is 0 Å². The zero-order valence-electron chi connectivity index (χ0n) is 13.3. The molecule has 0 radical (unpaired) electrons. The van der Waals surface area contributed by atoms with Crippen molar-refractivity contribution in [3.63, 3.8) is 0 Å². The Morgan fingerprint density at radius 3 is 2.45 bits per heavy atom. The lowest BCUT2D eigenvalue weighted by atomic mass is 9.83. The van der Waals surface area contributed by atoms with Crippen molar-refractivity contribution >= 4 is 16.0 Å². The maximum atomic E-state index is 12.6. The third-order valence-corrected chi connectivity index (χ3v) is 6.99. The first-order valence-corrected chi connectivity index (χ1v) is 9.78. The summed E-state index contributed by atoms with van der Waals surface area (Å²) in [7, 11) is -2.25. The van der Waals surface area contributed by atoms with Crippen molar-refractivity contribution in [3.8, 4) is 0 Å². The van der Waals surface area contributed by atoms with Gasteiger partial charge in [-0.05, 0) is 25.7 Å². The lowest BCUT2D eigenvalue weighted by Gasteiger charge is -2.35. The molecule has 22 heavy (non-hydrogen) atoms. The largest absolute Gasteiger partial charge is 0.469 e. The van der Waals surface area contributed by atoms with Crippen molar-refractivity contribution in [2.75, 3.05) is 13.7 Å². The summed E-state index contributed by atoms with van der Waals surface area (Å²) in [6.45, 7) is 0.264. The lowest BCUT2D eigenvalue weighted by Crippen LogP contribution is -2.54. The molecular formula is C15H28N2O4S. The van der Waals surface area contributed by atoms with Crippen molar-refractivity contribution in [1.29, 1.82) is 0 Å². The van der Waals surface area contributed by atoms with E-state index in [1.807, 2.05) is 0 Å². The summed E-state index contributed by atoms with van der Waals surface area (Å²) in [6.07, 6.45) is 7.73. The third-order valence-electron chi connectivity index (χ3n) is 5.08. The molecule has 6 nitrogen and oxygen atoms in total. The van der Waals surface area contributed by atoms with E-state index in [2.05, 4.69) is 4.72 Å². The van der Waals surface area contributed by atoms with Crippen LogP contribution in [0.3, 0.4) is 0 Å². The van der Waals surface area contributed by atoms with Crippen LogP contribution in [-0.2, 0) is 19.6 Å². The van der Waals surface area contributed by atoms with E-state index in [0.29, 0.717) is 12.8 Å². The van der Waals surface area contributed by atoms with Crippen LogP contribution in [0, 0.1) is 5.92 Å². The number of carbonyl (C=O) groups is 1. The highest BCUT2D eigenvalue weighted by Crippen LogP contribution is 2.31. The smallest absolute Gasteiger partial charge is 0.310 e. The van der Waals surface area contributed by atoms with E-state index in [9.17, 15) is 13.2 Å². The molecule has 2 fully saturated rings. The number of ether oxygens (including phenoxy) is 1. The van der Waals surface area contributed by atoms with Crippen LogP contribution in [0.25, 0.3) is 0 Å². The standard InChI is InChI=1S/C15H28N2O4S/c1-21-14(18)12-7-3-4-8-13(12)22(19,20)17-11-15(16)9-5-2-6-10-15/h12-13,17H,2-11,16H2,1H3. The Labute approximate surface area is 133 Å². The van der Waals surface area contributed by atoms with Gasteiger partial charge in [-0.15, -0.1) is 0 Å². The highest BCUT2D eigenvalue weighted by atomic mass is 32.2. The Hall–Kier alpha value is -0.660. The van der Waals surface area contributed by atoms with Crippen molar-refractivity contribution < 1.29 is 17.9 Å². The molecule has 0 aromatic heterocycles. The van der Waals surface area contributed by atoms with E-state index in [-0.39, 0.29) is 6.54 Å². The number of hydrogen-bond donors (Lipinski definition) is 2. The zero-order chi connectivity index (χ0) is 16.2. The molecule has 0 saturated heterocycles. The summed E-state index contributed by atoms with van der Waals surface area (Å²) in [6, 6.07) is 0. The zero-order valence-corrected chi connectivity index (χ0v) is 14.2. The van der Waals surface area contributed by atoms with Crippen molar-refractivity contribution in [2.24, 2.45) is 11.7 Å². The van der Waals surface area contributed by atoms with E-state index in [0.717, 1.165) is 38.5 Å². The van der Waals surface area contributed by atoms with Crippen LogP contribution in [0.4, 0.5) is 0 Å². The van der Waals surface area contributed by atoms with Crippen LogP contribution < -0.4 is 10.5 Å². The molecule has 2 unspecified atom stereocenters. The molecule has 2 saturated carbocycles. The number of rotatable bonds is 5. The maximum absolute atomic E-state index is 12.6. The van der Waals surface area contributed by atoms with E-state index in [1.165, 1.54) is 13.5 Å². The van der Waals surface area contributed by atoms with E-state index in [1.54, 1.807) is 0 Å². The molecule has 2 atom stereocenters. The molecule has 0 heterocycles. The van der Waals surface area contributed by atoms with Crippen molar-refractivity contribution in [3.05, 3.63) is 0 Å². The van der Waals surface area contributed by atoms with E-state index < -0.39 is 32.7 Å². The van der Waals surface area contributed by atoms with Crippen LogP contribution in [0.5, 0.6) is 0 Å².